The van der Waals surface area contributed by atoms with Gasteiger partial charge in [-0.1, -0.05) is 0 Å². The highest BCUT2D eigenvalue weighted by Crippen LogP contribution is 2.31. The van der Waals surface area contributed by atoms with Crippen molar-refractivity contribution in [2.24, 2.45) is 0 Å². The highest BCUT2D eigenvalue weighted by atomic mass is 19.1. The summed E-state index contributed by atoms with van der Waals surface area (Å²) >= 11 is 0. The molecule has 0 amide bonds. The van der Waals surface area contributed by atoms with Crippen molar-refractivity contribution in [3.05, 3.63) is 44.9 Å². The number of benzene rings is 1. The lowest BCUT2D eigenvalue weighted by Gasteiger charge is -2.45. The number of halogens is 3. The van der Waals surface area contributed by atoms with E-state index in [0.717, 1.165) is 16.8 Å². The number of carboxylic acid groups (broad SMARTS) is 1. The molecule has 1 aromatic heterocycles. The smallest absolute Gasteiger partial charge is 0.341 e. The summed E-state index contributed by atoms with van der Waals surface area (Å²) in [5, 5.41) is 20.6. The molecule has 27 heavy (non-hydrogen) atoms. The standard InChI is InChI=1S/C17H18F3N3O4/c1-23(27)6-4-21(5-7-23)15-12(19)8-10-14(13(15)20)22(3-2-18)9-11(16(10)24)17(25)26/h8-9H,2-7H2,1H3,(H,25,26). The lowest BCUT2D eigenvalue weighted by molar-refractivity contribution is -0.861. The van der Waals surface area contributed by atoms with Crippen LogP contribution < -0.4 is 10.3 Å². The molecule has 1 fully saturated rings. The Morgan fingerprint density at radius 1 is 1.33 bits per heavy atom. The van der Waals surface area contributed by atoms with Gasteiger partial charge in [0.25, 0.3) is 0 Å². The van der Waals surface area contributed by atoms with E-state index >= 15 is 4.39 Å². The minimum absolute atomic E-state index is 0.111. The number of alkyl halides is 1. The lowest BCUT2D eigenvalue weighted by atomic mass is 10.1. The first-order valence-corrected chi connectivity index (χ1v) is 8.31. The van der Waals surface area contributed by atoms with Crippen molar-refractivity contribution in [3.8, 4) is 0 Å². The quantitative estimate of drug-likeness (QED) is 0.640. The number of hydroxylamine groups is 3. The number of likely N-dealkylation sites (N-methyl/N-ethyl adjacent to an activating group) is 1. The third kappa shape index (κ3) is 3.37. The molecule has 3 rings (SSSR count). The molecule has 0 spiro atoms. The molecule has 1 aromatic carbocycles. The number of aryl methyl sites for hydroxylation is 1. The number of piperazine rings is 1. The van der Waals surface area contributed by atoms with Crippen LogP contribution in [0.15, 0.2) is 17.1 Å². The summed E-state index contributed by atoms with van der Waals surface area (Å²) in [6.07, 6.45) is 0.860. The number of carboxylic acids is 1. The maximum absolute atomic E-state index is 15.2. The van der Waals surface area contributed by atoms with Crippen LogP contribution in [0.1, 0.15) is 10.4 Å². The fourth-order valence-electron chi connectivity index (χ4n) is 3.30. The van der Waals surface area contributed by atoms with Gasteiger partial charge in [0.05, 0.1) is 50.7 Å². The van der Waals surface area contributed by atoms with Gasteiger partial charge in [-0.3, -0.25) is 4.79 Å². The molecule has 10 heteroatoms. The summed E-state index contributed by atoms with van der Waals surface area (Å²) in [5.41, 5.74) is -2.50. The van der Waals surface area contributed by atoms with Crippen molar-refractivity contribution in [2.45, 2.75) is 6.54 Å². The van der Waals surface area contributed by atoms with E-state index in [0.29, 0.717) is 0 Å². The lowest BCUT2D eigenvalue weighted by Crippen LogP contribution is -2.54. The Hall–Kier alpha value is -2.59. The van der Waals surface area contributed by atoms with Crippen molar-refractivity contribution in [1.29, 1.82) is 0 Å². The van der Waals surface area contributed by atoms with Gasteiger partial charge in [0, 0.05) is 6.20 Å². The Balaban J connectivity index is 2.24. The largest absolute Gasteiger partial charge is 0.633 e. The number of hydrogen-bond donors (Lipinski definition) is 1. The summed E-state index contributed by atoms with van der Waals surface area (Å²) in [7, 11) is 1.47. The van der Waals surface area contributed by atoms with Gasteiger partial charge in [0.2, 0.25) is 5.43 Å². The SMILES string of the molecule is C[N+]1([O-])CCN(c2c(F)cc3c(=O)c(C(=O)O)cn(CCF)c3c2F)CC1. The molecule has 0 atom stereocenters. The number of aromatic nitrogens is 1. The van der Waals surface area contributed by atoms with E-state index in [1.807, 2.05) is 0 Å². The molecule has 1 aliphatic heterocycles. The van der Waals surface area contributed by atoms with Crippen molar-refractivity contribution in [2.75, 3.05) is 44.8 Å². The minimum atomic E-state index is -1.57. The number of aromatic carboxylic acids is 1. The Bertz CT molecular complexity index is 964. The second kappa shape index (κ2) is 6.86. The van der Waals surface area contributed by atoms with Gasteiger partial charge in [-0.15, -0.1) is 0 Å². The molecule has 0 radical (unpaired) electrons. The molecule has 1 N–H and O–H groups in total. The first kappa shape index (κ1) is 19.2. The van der Waals surface area contributed by atoms with Crippen LogP contribution in [0.3, 0.4) is 0 Å². The average Bonchev–Trinajstić information content (AvgIpc) is 2.58. The Kier molecular flexibility index (Phi) is 4.87. The number of rotatable bonds is 4. The van der Waals surface area contributed by atoms with Crippen molar-refractivity contribution >= 4 is 22.6 Å². The predicted octanol–water partition coefficient (Wildman–Crippen LogP) is 1.71. The minimum Gasteiger partial charge on any atom is -0.633 e. The first-order valence-electron chi connectivity index (χ1n) is 8.31. The van der Waals surface area contributed by atoms with Crippen LogP contribution >= 0.6 is 0 Å². The summed E-state index contributed by atoms with van der Waals surface area (Å²) in [6, 6.07) is 0.775. The summed E-state index contributed by atoms with van der Waals surface area (Å²) < 4.78 is 43.2. The molecule has 0 saturated carbocycles. The second-order valence-corrected chi connectivity index (χ2v) is 6.71. The van der Waals surface area contributed by atoms with Crippen molar-refractivity contribution < 1.29 is 27.7 Å². The van der Waals surface area contributed by atoms with Crippen LogP contribution in [0, 0.1) is 16.8 Å². The average molecular weight is 385 g/mol. The monoisotopic (exact) mass is 385 g/mol. The highest BCUT2D eigenvalue weighted by molar-refractivity contribution is 5.93. The topological polar surface area (TPSA) is 85.6 Å². The van der Waals surface area contributed by atoms with E-state index in [4.69, 9.17) is 5.11 Å². The molecular weight excluding hydrogens is 367 g/mol. The normalized spacial score (nSPS) is 16.7. The highest BCUT2D eigenvalue weighted by Gasteiger charge is 2.29. The van der Waals surface area contributed by atoms with Gasteiger partial charge in [0.15, 0.2) is 5.82 Å². The molecule has 2 heterocycles. The summed E-state index contributed by atoms with van der Waals surface area (Å²) in [6.45, 7) is -0.842. The number of carbonyl (C=O) groups is 1. The Morgan fingerprint density at radius 3 is 2.52 bits per heavy atom. The van der Waals surface area contributed by atoms with Crippen molar-refractivity contribution in [1.82, 2.24) is 4.57 Å². The zero-order valence-corrected chi connectivity index (χ0v) is 14.5. The van der Waals surface area contributed by atoms with Gasteiger partial charge >= 0.3 is 5.97 Å². The molecule has 1 aliphatic rings. The molecule has 2 aromatic rings. The van der Waals surface area contributed by atoms with E-state index in [-0.39, 0.29) is 31.7 Å². The molecule has 0 bridgehead atoms. The molecule has 146 valence electrons. The number of quaternary nitrogens is 1. The maximum Gasteiger partial charge on any atom is 0.341 e. The molecule has 1 saturated heterocycles. The van der Waals surface area contributed by atoms with Gasteiger partial charge in [0.1, 0.15) is 23.7 Å². The van der Waals surface area contributed by atoms with Gasteiger partial charge in [-0.25, -0.2) is 18.0 Å². The molecule has 7 nitrogen and oxygen atoms in total. The summed E-state index contributed by atoms with van der Waals surface area (Å²) in [4.78, 5) is 24.9. The first-order chi connectivity index (χ1) is 12.7. The van der Waals surface area contributed by atoms with Crippen LogP contribution in [0.4, 0.5) is 18.9 Å². The number of anilines is 1. The predicted molar refractivity (Wildman–Crippen MR) is 92.6 cm³/mol. The fourth-order valence-corrected chi connectivity index (χ4v) is 3.30. The van der Waals surface area contributed by atoms with E-state index in [2.05, 4.69) is 0 Å². The van der Waals surface area contributed by atoms with Crippen LogP contribution in [-0.2, 0) is 6.54 Å². The number of fused-ring (bicyclic) bond motifs is 1. The third-order valence-corrected chi connectivity index (χ3v) is 4.79. The molecule has 0 aliphatic carbocycles. The van der Waals surface area contributed by atoms with Gasteiger partial charge in [-0.2, -0.15) is 0 Å². The molecule has 0 unspecified atom stereocenters. The van der Waals surface area contributed by atoms with Gasteiger partial charge in [-0.05, 0) is 6.07 Å². The Morgan fingerprint density at radius 2 is 1.96 bits per heavy atom. The maximum atomic E-state index is 15.2. The Labute approximate surface area is 152 Å². The second-order valence-electron chi connectivity index (χ2n) is 6.71. The van der Waals surface area contributed by atoms with E-state index < -0.39 is 57.5 Å². The van der Waals surface area contributed by atoms with Crippen LogP contribution in [-0.4, -0.2) is 60.2 Å². The van der Waals surface area contributed by atoms with E-state index in [9.17, 15) is 23.6 Å². The number of hydrogen-bond acceptors (Lipinski definition) is 4. The van der Waals surface area contributed by atoms with Crippen molar-refractivity contribution in [3.63, 3.8) is 0 Å². The van der Waals surface area contributed by atoms with Crippen LogP contribution in [0.25, 0.3) is 10.9 Å². The zero-order valence-electron chi connectivity index (χ0n) is 14.5. The zero-order chi connectivity index (χ0) is 19.9. The fraction of sp³-hybridized carbons (Fsp3) is 0.412. The number of nitrogens with zero attached hydrogens (tertiary/aromatic N) is 3. The van der Waals surface area contributed by atoms with Crippen LogP contribution in [0.5, 0.6) is 0 Å². The van der Waals surface area contributed by atoms with Crippen LogP contribution in [0.2, 0.25) is 0 Å². The van der Waals surface area contributed by atoms with Gasteiger partial charge < -0.3 is 24.4 Å². The third-order valence-electron chi connectivity index (χ3n) is 4.79. The summed E-state index contributed by atoms with van der Waals surface area (Å²) in [5.74, 6) is -3.68. The van der Waals surface area contributed by atoms with E-state index in [1.54, 1.807) is 0 Å². The van der Waals surface area contributed by atoms with E-state index in [1.165, 1.54) is 11.9 Å². The molecular formula is C17H18F3N3O4. The number of pyridine rings is 1.